The van der Waals surface area contributed by atoms with Crippen molar-refractivity contribution in [2.75, 3.05) is 13.2 Å². The van der Waals surface area contributed by atoms with Crippen LogP contribution in [0.25, 0.3) is 0 Å². The van der Waals surface area contributed by atoms with Crippen molar-refractivity contribution < 1.29 is 14.6 Å². The Labute approximate surface area is 123 Å². The molecule has 4 heteroatoms. The second-order valence-corrected chi connectivity index (χ2v) is 5.07. The van der Waals surface area contributed by atoms with Gasteiger partial charge >= 0.3 is 0 Å². The molecule has 1 atom stereocenters. The van der Waals surface area contributed by atoms with Crippen molar-refractivity contribution in [1.29, 1.82) is 0 Å². The minimum Gasteiger partial charge on any atom is -0.354 e. The summed E-state index contributed by atoms with van der Waals surface area (Å²) in [5.74, 6) is -2.29. The maximum Gasteiger partial charge on any atom is 0.288 e. The zero-order valence-electron chi connectivity index (χ0n) is 11.6. The number of morpholine rings is 1. The summed E-state index contributed by atoms with van der Waals surface area (Å²) in [6, 6.07) is 18.5. The molecule has 2 aromatic carbocycles. The van der Waals surface area contributed by atoms with E-state index in [1.54, 1.807) is 29.2 Å². The minimum absolute atomic E-state index is 0.309. The highest BCUT2D eigenvalue weighted by Crippen LogP contribution is 2.29. The van der Waals surface area contributed by atoms with Crippen LogP contribution in [-0.2, 0) is 21.9 Å². The molecule has 0 aromatic heterocycles. The van der Waals surface area contributed by atoms with E-state index >= 15 is 0 Å². The first-order valence-corrected chi connectivity index (χ1v) is 6.95. The molecule has 1 amide bonds. The lowest BCUT2D eigenvalue weighted by Gasteiger charge is -2.38. The molecule has 0 bridgehead atoms. The lowest BCUT2D eigenvalue weighted by atomic mass is 10.0. The highest BCUT2D eigenvalue weighted by atomic mass is 16.6. The second-order valence-electron chi connectivity index (χ2n) is 5.07. The largest absolute Gasteiger partial charge is 0.354 e. The topological polar surface area (TPSA) is 49.8 Å². The van der Waals surface area contributed by atoms with Crippen LogP contribution in [0.3, 0.4) is 0 Å². The molecule has 0 saturated carbocycles. The van der Waals surface area contributed by atoms with Gasteiger partial charge in [0.05, 0.1) is 6.61 Å². The SMILES string of the molecule is O=C1N(Cc2ccccc2)CCOC1(O)c1ccccc1. The smallest absolute Gasteiger partial charge is 0.288 e. The van der Waals surface area contributed by atoms with Gasteiger partial charge < -0.3 is 14.7 Å². The predicted octanol–water partition coefficient (Wildman–Crippen LogP) is 1.89. The number of aliphatic hydroxyl groups is 1. The van der Waals surface area contributed by atoms with Crippen LogP contribution in [0, 0.1) is 0 Å². The van der Waals surface area contributed by atoms with Gasteiger partial charge in [0.1, 0.15) is 0 Å². The highest BCUT2D eigenvalue weighted by Gasteiger charge is 2.45. The Bertz CT molecular complexity index is 614. The molecule has 1 heterocycles. The van der Waals surface area contributed by atoms with Crippen molar-refractivity contribution in [1.82, 2.24) is 4.90 Å². The van der Waals surface area contributed by atoms with E-state index in [2.05, 4.69) is 0 Å². The van der Waals surface area contributed by atoms with Crippen LogP contribution in [0.15, 0.2) is 60.7 Å². The Morgan fingerprint density at radius 1 is 1.05 bits per heavy atom. The van der Waals surface area contributed by atoms with E-state index in [1.165, 1.54) is 0 Å². The normalized spacial score (nSPS) is 22.3. The monoisotopic (exact) mass is 283 g/mol. The van der Waals surface area contributed by atoms with Crippen LogP contribution in [0.4, 0.5) is 0 Å². The number of ether oxygens (including phenoxy) is 1. The van der Waals surface area contributed by atoms with Gasteiger partial charge in [0.15, 0.2) is 0 Å². The molecule has 3 rings (SSSR count). The summed E-state index contributed by atoms with van der Waals surface area (Å²) in [6.07, 6.45) is 0. The molecular formula is C17H17NO3. The van der Waals surface area contributed by atoms with E-state index < -0.39 is 11.7 Å². The van der Waals surface area contributed by atoms with E-state index in [1.807, 2.05) is 36.4 Å². The molecule has 0 aliphatic carbocycles. The molecule has 0 radical (unpaired) electrons. The van der Waals surface area contributed by atoms with Crippen molar-refractivity contribution in [3.05, 3.63) is 71.8 Å². The average molecular weight is 283 g/mol. The van der Waals surface area contributed by atoms with Crippen molar-refractivity contribution in [3.63, 3.8) is 0 Å². The van der Waals surface area contributed by atoms with Gasteiger partial charge in [0.25, 0.3) is 11.7 Å². The van der Waals surface area contributed by atoms with E-state index in [0.29, 0.717) is 25.3 Å². The third kappa shape index (κ3) is 2.68. The second kappa shape index (κ2) is 5.68. The van der Waals surface area contributed by atoms with Crippen molar-refractivity contribution >= 4 is 5.91 Å². The van der Waals surface area contributed by atoms with Crippen molar-refractivity contribution in [2.24, 2.45) is 0 Å². The molecule has 1 unspecified atom stereocenters. The van der Waals surface area contributed by atoms with Crippen molar-refractivity contribution in [2.45, 2.75) is 12.3 Å². The first-order chi connectivity index (χ1) is 10.2. The molecule has 21 heavy (non-hydrogen) atoms. The number of amides is 1. The minimum atomic E-state index is -1.88. The maximum atomic E-state index is 12.6. The summed E-state index contributed by atoms with van der Waals surface area (Å²) >= 11 is 0. The van der Waals surface area contributed by atoms with Crippen LogP contribution in [0.5, 0.6) is 0 Å². The number of carbonyl (C=O) groups excluding carboxylic acids is 1. The fraction of sp³-hybridized carbons (Fsp3) is 0.235. The van der Waals surface area contributed by atoms with E-state index in [4.69, 9.17) is 4.74 Å². The summed E-state index contributed by atoms with van der Waals surface area (Å²) in [6.45, 7) is 1.25. The summed E-state index contributed by atoms with van der Waals surface area (Å²) in [5.41, 5.74) is 1.50. The third-order valence-corrected chi connectivity index (χ3v) is 3.63. The standard InChI is InChI=1S/C17H17NO3/c19-16-17(20,15-9-5-2-6-10-15)21-12-11-18(16)13-14-7-3-1-4-8-14/h1-10,20H,11-13H2. The summed E-state index contributed by atoms with van der Waals surface area (Å²) in [5, 5.41) is 10.6. The fourth-order valence-electron chi connectivity index (χ4n) is 2.51. The lowest BCUT2D eigenvalue weighted by Crippen LogP contribution is -2.54. The number of nitrogens with zero attached hydrogens (tertiary/aromatic N) is 1. The molecule has 1 saturated heterocycles. The zero-order chi connectivity index (χ0) is 14.7. The predicted molar refractivity (Wildman–Crippen MR) is 78.1 cm³/mol. The Kier molecular flexibility index (Phi) is 3.73. The molecule has 1 aliphatic rings. The van der Waals surface area contributed by atoms with Gasteiger partial charge in [-0.3, -0.25) is 4.79 Å². The molecular weight excluding hydrogens is 266 g/mol. The van der Waals surface area contributed by atoms with E-state index in [0.717, 1.165) is 5.56 Å². The quantitative estimate of drug-likeness (QED) is 0.936. The van der Waals surface area contributed by atoms with Crippen LogP contribution in [0.2, 0.25) is 0 Å². The van der Waals surface area contributed by atoms with Gasteiger partial charge in [-0.25, -0.2) is 0 Å². The zero-order valence-corrected chi connectivity index (χ0v) is 11.6. The molecule has 4 nitrogen and oxygen atoms in total. The van der Waals surface area contributed by atoms with Crippen LogP contribution >= 0.6 is 0 Å². The van der Waals surface area contributed by atoms with Crippen LogP contribution < -0.4 is 0 Å². The van der Waals surface area contributed by atoms with E-state index in [-0.39, 0.29) is 0 Å². The van der Waals surface area contributed by atoms with Crippen molar-refractivity contribution in [3.8, 4) is 0 Å². The number of benzene rings is 2. The Balaban J connectivity index is 1.84. The first kappa shape index (κ1) is 13.8. The van der Waals surface area contributed by atoms with Crippen LogP contribution in [-0.4, -0.2) is 29.1 Å². The van der Waals surface area contributed by atoms with Gasteiger partial charge in [-0.2, -0.15) is 0 Å². The summed E-state index contributed by atoms with van der Waals surface area (Å²) in [7, 11) is 0. The molecule has 1 aliphatic heterocycles. The highest BCUT2D eigenvalue weighted by molar-refractivity contribution is 5.85. The molecule has 1 N–H and O–H groups in total. The molecule has 0 spiro atoms. The number of rotatable bonds is 3. The van der Waals surface area contributed by atoms with Gasteiger partial charge in [-0.15, -0.1) is 0 Å². The Hall–Kier alpha value is -2.17. The van der Waals surface area contributed by atoms with Crippen LogP contribution in [0.1, 0.15) is 11.1 Å². The summed E-state index contributed by atoms with van der Waals surface area (Å²) in [4.78, 5) is 14.2. The Morgan fingerprint density at radius 3 is 2.33 bits per heavy atom. The van der Waals surface area contributed by atoms with Gasteiger partial charge in [0, 0.05) is 18.7 Å². The number of hydrogen-bond acceptors (Lipinski definition) is 3. The van der Waals surface area contributed by atoms with Gasteiger partial charge in [-0.1, -0.05) is 60.7 Å². The Morgan fingerprint density at radius 2 is 1.67 bits per heavy atom. The maximum absolute atomic E-state index is 12.6. The van der Waals surface area contributed by atoms with E-state index in [9.17, 15) is 9.90 Å². The van der Waals surface area contributed by atoms with Gasteiger partial charge in [-0.05, 0) is 5.56 Å². The molecule has 2 aromatic rings. The first-order valence-electron chi connectivity index (χ1n) is 6.95. The molecule has 1 fully saturated rings. The van der Waals surface area contributed by atoms with Gasteiger partial charge in [0.2, 0.25) is 0 Å². The third-order valence-electron chi connectivity index (χ3n) is 3.63. The number of carbonyl (C=O) groups is 1. The number of hydrogen-bond donors (Lipinski definition) is 1. The fourth-order valence-corrected chi connectivity index (χ4v) is 2.51. The molecule has 108 valence electrons. The lowest BCUT2D eigenvalue weighted by molar-refractivity contribution is -0.240. The average Bonchev–Trinajstić information content (AvgIpc) is 2.54. The summed E-state index contributed by atoms with van der Waals surface area (Å²) < 4.78 is 5.40.